The number of rotatable bonds is 6. The number of aromatic nitrogens is 1. The summed E-state index contributed by atoms with van der Waals surface area (Å²) in [5.41, 5.74) is -0.822. The molecular formula is C22H22F3N3O5S. The highest BCUT2D eigenvalue weighted by Crippen LogP contribution is 2.31. The quantitative estimate of drug-likeness (QED) is 0.454. The largest absolute Gasteiger partial charge is 0.393 e. The van der Waals surface area contributed by atoms with Crippen molar-refractivity contribution in [3.05, 3.63) is 59.5 Å². The van der Waals surface area contributed by atoms with Gasteiger partial charge in [-0.05, 0) is 31.0 Å². The number of carbonyl (C=O) groups excluding carboxylic acids is 1. The smallest absolute Gasteiger partial charge is 0.256 e. The molecule has 0 radical (unpaired) electrons. The third-order valence-electron chi connectivity index (χ3n) is 6.12. The molecule has 1 saturated heterocycles. The fourth-order valence-electron chi connectivity index (χ4n) is 4.01. The van der Waals surface area contributed by atoms with Crippen LogP contribution < -0.4 is 5.32 Å². The van der Waals surface area contributed by atoms with Gasteiger partial charge >= 0.3 is 0 Å². The lowest BCUT2D eigenvalue weighted by Gasteiger charge is -2.38. The number of nitrogens with zero attached hydrogens (tertiary/aromatic N) is 1. The maximum Gasteiger partial charge on any atom is 0.256 e. The van der Waals surface area contributed by atoms with Gasteiger partial charge in [0.05, 0.1) is 22.7 Å². The van der Waals surface area contributed by atoms with Crippen LogP contribution in [0.5, 0.6) is 0 Å². The number of methoxy groups -OCH3 is 1. The Morgan fingerprint density at radius 3 is 2.41 bits per heavy atom. The zero-order valence-electron chi connectivity index (χ0n) is 18.1. The van der Waals surface area contributed by atoms with Gasteiger partial charge in [-0.1, -0.05) is 0 Å². The van der Waals surface area contributed by atoms with E-state index in [0.717, 1.165) is 0 Å². The summed E-state index contributed by atoms with van der Waals surface area (Å²) in [5, 5.41) is 12.3. The maximum absolute atomic E-state index is 13.5. The minimum atomic E-state index is -4.02. The van der Waals surface area contributed by atoms with Gasteiger partial charge in [-0.25, -0.2) is 21.6 Å². The van der Waals surface area contributed by atoms with Gasteiger partial charge in [0.1, 0.15) is 0 Å². The predicted octanol–water partition coefficient (Wildman–Crippen LogP) is 3.00. The molecule has 1 aliphatic rings. The van der Waals surface area contributed by atoms with E-state index in [4.69, 9.17) is 4.74 Å². The fourth-order valence-corrected chi connectivity index (χ4v) is 5.51. The van der Waals surface area contributed by atoms with E-state index in [2.05, 4.69) is 10.3 Å². The summed E-state index contributed by atoms with van der Waals surface area (Å²) in [4.78, 5) is 15.6. The Balaban J connectivity index is 1.67. The Hall–Kier alpha value is -2.93. The predicted molar refractivity (Wildman–Crippen MR) is 117 cm³/mol. The van der Waals surface area contributed by atoms with Crippen LogP contribution in [-0.4, -0.2) is 61.1 Å². The number of piperidine rings is 1. The molecule has 1 aliphatic heterocycles. The number of fused-ring (bicyclic) bond motifs is 1. The first-order valence-electron chi connectivity index (χ1n) is 10.3. The van der Waals surface area contributed by atoms with Crippen LogP contribution in [-0.2, 0) is 14.8 Å². The minimum Gasteiger partial charge on any atom is -0.393 e. The van der Waals surface area contributed by atoms with Crippen LogP contribution in [0.2, 0.25) is 0 Å². The normalized spacial score (nSPS) is 16.6. The van der Waals surface area contributed by atoms with Crippen molar-refractivity contribution >= 4 is 32.5 Å². The molecule has 1 aromatic heterocycles. The first-order valence-corrected chi connectivity index (χ1v) is 11.8. The lowest BCUT2D eigenvalue weighted by molar-refractivity contribution is -0.0799. The van der Waals surface area contributed by atoms with Crippen LogP contribution in [0.15, 0.2) is 41.4 Å². The lowest BCUT2D eigenvalue weighted by atomic mass is 9.93. The summed E-state index contributed by atoms with van der Waals surface area (Å²) in [6.07, 6.45) is 2.10. The molecule has 8 nitrogen and oxygen atoms in total. The second-order valence-corrected chi connectivity index (χ2v) is 10.0. The first kappa shape index (κ1) is 24.2. The summed E-state index contributed by atoms with van der Waals surface area (Å²) in [7, 11) is -2.56. The molecule has 182 valence electrons. The van der Waals surface area contributed by atoms with Crippen LogP contribution in [0.4, 0.5) is 18.9 Å². The van der Waals surface area contributed by atoms with E-state index in [1.165, 1.54) is 29.7 Å². The van der Waals surface area contributed by atoms with Crippen molar-refractivity contribution in [1.29, 1.82) is 0 Å². The van der Waals surface area contributed by atoms with Crippen molar-refractivity contribution in [2.45, 2.75) is 23.3 Å². The van der Waals surface area contributed by atoms with Gasteiger partial charge < -0.3 is 20.1 Å². The molecule has 2 heterocycles. The molecule has 12 heteroatoms. The number of amides is 1. The minimum absolute atomic E-state index is 0.0546. The Kier molecular flexibility index (Phi) is 6.42. The third-order valence-corrected chi connectivity index (χ3v) is 8.00. The first-order chi connectivity index (χ1) is 16.1. The Bertz CT molecular complexity index is 1320. The maximum atomic E-state index is 13.5. The summed E-state index contributed by atoms with van der Waals surface area (Å²) in [5.74, 6) is -5.44. The molecule has 0 unspecified atom stereocenters. The van der Waals surface area contributed by atoms with E-state index in [9.17, 15) is 31.5 Å². The molecule has 34 heavy (non-hydrogen) atoms. The van der Waals surface area contributed by atoms with Crippen molar-refractivity contribution in [1.82, 2.24) is 9.29 Å². The van der Waals surface area contributed by atoms with Gasteiger partial charge in [-0.3, -0.25) is 4.79 Å². The van der Waals surface area contributed by atoms with Crippen molar-refractivity contribution in [2.24, 2.45) is 0 Å². The van der Waals surface area contributed by atoms with Gasteiger partial charge in [0, 0.05) is 55.1 Å². The Morgan fingerprint density at radius 1 is 1.18 bits per heavy atom. The standard InChI is InChI=1S/C22H22F3N3O5S/c1-33-22(12-29)3-6-28(7-4-22)34(31,32)14-10-16(15-2-5-26-19(15)11-14)21(30)27-13-8-17(23)20(25)18(24)9-13/h2,5,8-11,26,29H,3-4,6-7,12H2,1H3,(H,27,30). The number of aliphatic hydroxyl groups excluding tert-OH is 1. The summed E-state index contributed by atoms with van der Waals surface area (Å²) >= 11 is 0. The van der Waals surface area contributed by atoms with E-state index in [1.54, 1.807) is 6.07 Å². The van der Waals surface area contributed by atoms with Crippen LogP contribution in [0.1, 0.15) is 23.2 Å². The molecule has 0 atom stereocenters. The number of benzene rings is 2. The molecular weight excluding hydrogens is 475 g/mol. The zero-order valence-corrected chi connectivity index (χ0v) is 18.9. The second kappa shape index (κ2) is 9.02. The van der Waals surface area contributed by atoms with E-state index < -0.39 is 39.0 Å². The monoisotopic (exact) mass is 497 g/mol. The van der Waals surface area contributed by atoms with E-state index in [1.807, 2.05) is 0 Å². The molecule has 0 spiro atoms. The van der Waals surface area contributed by atoms with E-state index >= 15 is 0 Å². The van der Waals surface area contributed by atoms with Crippen LogP contribution in [0.25, 0.3) is 10.9 Å². The number of sulfonamides is 1. The zero-order chi connectivity index (χ0) is 24.7. The number of hydrogen-bond acceptors (Lipinski definition) is 5. The fraction of sp³-hybridized carbons (Fsp3) is 0.318. The van der Waals surface area contributed by atoms with Crippen LogP contribution >= 0.6 is 0 Å². The second-order valence-electron chi connectivity index (χ2n) is 8.07. The van der Waals surface area contributed by atoms with E-state index in [-0.39, 0.29) is 35.8 Å². The number of hydrogen-bond donors (Lipinski definition) is 3. The highest BCUT2D eigenvalue weighted by atomic mass is 32.2. The molecule has 3 N–H and O–H groups in total. The van der Waals surface area contributed by atoms with Crippen molar-refractivity contribution in [2.75, 3.05) is 32.1 Å². The van der Waals surface area contributed by atoms with Crippen molar-refractivity contribution in [3.8, 4) is 0 Å². The molecule has 1 fully saturated rings. The van der Waals surface area contributed by atoms with Crippen molar-refractivity contribution in [3.63, 3.8) is 0 Å². The highest BCUT2D eigenvalue weighted by molar-refractivity contribution is 7.89. The molecule has 2 aromatic carbocycles. The van der Waals surface area contributed by atoms with Crippen LogP contribution in [0.3, 0.4) is 0 Å². The average molecular weight is 497 g/mol. The van der Waals surface area contributed by atoms with Gasteiger partial charge in [0.15, 0.2) is 17.5 Å². The van der Waals surface area contributed by atoms with Gasteiger partial charge in [-0.15, -0.1) is 0 Å². The topological polar surface area (TPSA) is 112 Å². The molecule has 3 aromatic rings. The number of carbonyl (C=O) groups is 1. The molecule has 0 saturated carbocycles. The number of aromatic amines is 1. The van der Waals surface area contributed by atoms with Crippen molar-refractivity contribution < 1.29 is 36.2 Å². The van der Waals surface area contributed by atoms with Gasteiger partial charge in [-0.2, -0.15) is 4.31 Å². The van der Waals surface area contributed by atoms with Gasteiger partial charge in [0.2, 0.25) is 10.0 Å². The number of halogens is 3. The lowest BCUT2D eigenvalue weighted by Crippen LogP contribution is -2.49. The Morgan fingerprint density at radius 2 is 1.82 bits per heavy atom. The molecule has 0 bridgehead atoms. The number of nitrogens with one attached hydrogen (secondary N) is 2. The SMILES string of the molecule is COC1(CO)CCN(S(=O)(=O)c2cc(C(=O)Nc3cc(F)c(F)c(F)c3)c3cc[nH]c3c2)CC1. The number of anilines is 1. The molecule has 4 rings (SSSR count). The number of H-pyrrole nitrogens is 1. The average Bonchev–Trinajstić information content (AvgIpc) is 3.30. The number of ether oxygens (including phenoxy) is 1. The highest BCUT2D eigenvalue weighted by Gasteiger charge is 2.38. The summed E-state index contributed by atoms with van der Waals surface area (Å²) in [6, 6.07) is 5.39. The van der Waals surface area contributed by atoms with Crippen LogP contribution in [0, 0.1) is 17.5 Å². The molecule has 1 amide bonds. The number of aliphatic hydroxyl groups is 1. The summed E-state index contributed by atoms with van der Waals surface area (Å²) in [6.45, 7) is -0.0228. The summed E-state index contributed by atoms with van der Waals surface area (Å²) < 4.78 is 73.6. The van der Waals surface area contributed by atoms with E-state index in [0.29, 0.717) is 35.9 Å². The third kappa shape index (κ3) is 4.29. The Labute approximate surface area is 193 Å². The van der Waals surface area contributed by atoms with Gasteiger partial charge in [0.25, 0.3) is 5.91 Å². The molecule has 0 aliphatic carbocycles.